The molecule has 3 rings (SSSR count). The number of rotatable bonds is 14. The van der Waals surface area contributed by atoms with Gasteiger partial charge in [-0.3, -0.25) is 0 Å². The molecule has 11 N–H and O–H groups in total. The van der Waals surface area contributed by atoms with Crippen molar-refractivity contribution < 1.29 is 89.3 Å². The third-order valence-electron chi connectivity index (χ3n) is 7.36. The first-order chi connectivity index (χ1) is 19.9. The Labute approximate surface area is 241 Å². The molecule has 0 saturated carbocycles. The molecule has 0 bridgehead atoms. The van der Waals surface area contributed by atoms with Crippen LogP contribution in [0.3, 0.4) is 0 Å². The fraction of sp³-hybridized carbons (Fsp3) is 1.00. The van der Waals surface area contributed by atoms with Crippen LogP contribution in [0.15, 0.2) is 0 Å². The minimum absolute atomic E-state index is 0.0183. The predicted octanol–water partition coefficient (Wildman–Crippen LogP) is -6.76. The fourth-order valence-corrected chi connectivity index (χ4v) is 4.78. The Kier molecular flexibility index (Phi) is 14.1. The molecule has 3 saturated heterocycles. The Hall–Kier alpha value is -0.720. The van der Waals surface area contributed by atoms with Crippen LogP contribution in [0.5, 0.6) is 0 Å². The molecule has 0 radical (unpaired) electrons. The Morgan fingerprint density at radius 1 is 0.619 bits per heavy atom. The van der Waals surface area contributed by atoms with Gasteiger partial charge in [-0.15, -0.1) is 0 Å². The number of hydrogen-bond donors (Lipinski definition) is 11. The van der Waals surface area contributed by atoms with Crippen molar-refractivity contribution in [1.82, 2.24) is 0 Å². The zero-order valence-corrected chi connectivity index (χ0v) is 23.0. The van der Waals surface area contributed by atoms with Gasteiger partial charge in [-0.1, -0.05) is 0 Å². The summed E-state index contributed by atoms with van der Waals surface area (Å²) >= 11 is 0. The highest BCUT2D eigenvalue weighted by atomic mass is 16.8. The summed E-state index contributed by atoms with van der Waals surface area (Å²) in [5.74, 6) is 0. The number of ether oxygens (including phenoxy) is 7. The van der Waals surface area contributed by atoms with Crippen LogP contribution in [0.4, 0.5) is 0 Å². The minimum atomic E-state index is -1.82. The summed E-state index contributed by atoms with van der Waals surface area (Å²) in [6.45, 7) is -0.541. The van der Waals surface area contributed by atoms with Gasteiger partial charge in [0, 0.05) is 6.61 Å². The van der Waals surface area contributed by atoms with E-state index in [1.807, 2.05) is 0 Å². The first-order valence-electron chi connectivity index (χ1n) is 13.7. The zero-order valence-electron chi connectivity index (χ0n) is 23.0. The highest BCUT2D eigenvalue weighted by Gasteiger charge is 2.51. The number of hydrogen-bond acceptors (Lipinski definition) is 18. The van der Waals surface area contributed by atoms with Gasteiger partial charge >= 0.3 is 0 Å². The molecule has 3 heterocycles. The van der Waals surface area contributed by atoms with Crippen LogP contribution in [-0.4, -0.2) is 194 Å². The molecule has 0 amide bonds. The molecular weight excluding hydrogens is 576 g/mol. The lowest BCUT2D eigenvalue weighted by Gasteiger charge is -2.46. The molecule has 248 valence electrons. The average Bonchev–Trinajstić information content (AvgIpc) is 2.98. The van der Waals surface area contributed by atoms with Crippen LogP contribution in [0.2, 0.25) is 0 Å². The standard InChI is InChI=1S/C24H44O18/c1-9-13(28)15(30)18(33)22(38-9)37-8-10(2-4-36-5-3-25)39-23-20(35)17(32)21(12(7-27)41-23)42-24-19(34)16(31)14(29)11(6-26)40-24/h9-35H,2-8H2,1H3. The van der Waals surface area contributed by atoms with Gasteiger partial charge in [0.25, 0.3) is 0 Å². The maximum atomic E-state index is 10.8. The van der Waals surface area contributed by atoms with Gasteiger partial charge in [-0.05, 0) is 13.3 Å². The average molecular weight is 621 g/mol. The van der Waals surface area contributed by atoms with Crippen molar-refractivity contribution in [2.24, 2.45) is 0 Å². The summed E-state index contributed by atoms with van der Waals surface area (Å²) in [7, 11) is 0. The van der Waals surface area contributed by atoms with Crippen LogP contribution in [0.25, 0.3) is 0 Å². The molecule has 42 heavy (non-hydrogen) atoms. The lowest BCUT2D eigenvalue weighted by Crippen LogP contribution is -2.65. The fourth-order valence-electron chi connectivity index (χ4n) is 4.78. The normalized spacial score (nSPS) is 45.6. The van der Waals surface area contributed by atoms with E-state index in [4.69, 9.17) is 38.3 Å². The van der Waals surface area contributed by atoms with Crippen LogP contribution in [0, 0.1) is 0 Å². The summed E-state index contributed by atoms with van der Waals surface area (Å²) in [4.78, 5) is 0. The van der Waals surface area contributed by atoms with Crippen LogP contribution >= 0.6 is 0 Å². The van der Waals surface area contributed by atoms with Crippen molar-refractivity contribution in [2.75, 3.05) is 39.6 Å². The molecule has 3 aliphatic heterocycles. The quantitative estimate of drug-likeness (QED) is 0.0804. The Morgan fingerprint density at radius 2 is 1.21 bits per heavy atom. The Morgan fingerprint density at radius 3 is 1.86 bits per heavy atom. The summed E-state index contributed by atoms with van der Waals surface area (Å²) < 4.78 is 38.5. The summed E-state index contributed by atoms with van der Waals surface area (Å²) in [6, 6.07) is 0. The van der Waals surface area contributed by atoms with Crippen molar-refractivity contribution in [1.29, 1.82) is 0 Å². The predicted molar refractivity (Wildman–Crippen MR) is 132 cm³/mol. The summed E-state index contributed by atoms with van der Waals surface area (Å²) in [5.41, 5.74) is 0. The molecule has 16 unspecified atom stereocenters. The minimum Gasteiger partial charge on any atom is -0.394 e. The zero-order chi connectivity index (χ0) is 31.1. The highest BCUT2D eigenvalue weighted by molar-refractivity contribution is 4.94. The molecule has 0 aromatic heterocycles. The van der Waals surface area contributed by atoms with Crippen LogP contribution < -0.4 is 0 Å². The smallest absolute Gasteiger partial charge is 0.187 e. The third kappa shape index (κ3) is 8.50. The van der Waals surface area contributed by atoms with Gasteiger partial charge in [-0.2, -0.15) is 0 Å². The number of aliphatic hydroxyl groups excluding tert-OH is 11. The molecule has 0 aromatic rings. The third-order valence-corrected chi connectivity index (χ3v) is 7.36. The SMILES string of the molecule is CC1OC(OCC(CCOCCO)OC2OC(CO)C(OC3OC(CO)C(O)C(O)C3O)C(O)C2O)C(O)C(O)C1O. The highest BCUT2D eigenvalue weighted by Crippen LogP contribution is 2.30. The second kappa shape index (κ2) is 16.5. The van der Waals surface area contributed by atoms with Gasteiger partial charge in [0.15, 0.2) is 18.9 Å². The van der Waals surface area contributed by atoms with Gasteiger partial charge in [0.2, 0.25) is 0 Å². The van der Waals surface area contributed by atoms with E-state index in [1.165, 1.54) is 6.92 Å². The molecule has 3 aliphatic rings. The van der Waals surface area contributed by atoms with Crippen molar-refractivity contribution in [3.8, 4) is 0 Å². The van der Waals surface area contributed by atoms with E-state index in [1.54, 1.807) is 0 Å². The van der Waals surface area contributed by atoms with Gasteiger partial charge in [0.1, 0.15) is 67.1 Å². The van der Waals surface area contributed by atoms with Crippen molar-refractivity contribution in [2.45, 2.75) is 112 Å². The number of aliphatic hydroxyl groups is 11. The van der Waals surface area contributed by atoms with Crippen molar-refractivity contribution >= 4 is 0 Å². The second-order valence-corrected chi connectivity index (χ2v) is 10.4. The summed E-state index contributed by atoms with van der Waals surface area (Å²) in [5, 5.41) is 110. The monoisotopic (exact) mass is 620 g/mol. The van der Waals surface area contributed by atoms with E-state index >= 15 is 0 Å². The van der Waals surface area contributed by atoms with E-state index in [-0.39, 0.29) is 32.8 Å². The van der Waals surface area contributed by atoms with Gasteiger partial charge in [0.05, 0.1) is 45.2 Å². The largest absolute Gasteiger partial charge is 0.394 e. The van der Waals surface area contributed by atoms with E-state index in [0.29, 0.717) is 0 Å². The van der Waals surface area contributed by atoms with E-state index < -0.39 is 111 Å². The maximum Gasteiger partial charge on any atom is 0.187 e. The molecule has 18 heteroatoms. The Bertz CT molecular complexity index is 776. The maximum absolute atomic E-state index is 10.8. The van der Waals surface area contributed by atoms with Crippen LogP contribution in [0.1, 0.15) is 13.3 Å². The van der Waals surface area contributed by atoms with E-state index in [2.05, 4.69) is 0 Å². The molecule has 0 aromatic carbocycles. The Balaban J connectivity index is 1.66. The lowest BCUT2D eigenvalue weighted by molar-refractivity contribution is -0.365. The molecule has 3 fully saturated rings. The van der Waals surface area contributed by atoms with E-state index in [0.717, 1.165) is 0 Å². The van der Waals surface area contributed by atoms with Gasteiger partial charge in [-0.25, -0.2) is 0 Å². The lowest BCUT2D eigenvalue weighted by atomic mass is 9.97. The topological polar surface area (TPSA) is 287 Å². The molecule has 0 spiro atoms. The van der Waals surface area contributed by atoms with Gasteiger partial charge < -0.3 is 89.3 Å². The molecule has 16 atom stereocenters. The van der Waals surface area contributed by atoms with Crippen LogP contribution in [-0.2, 0) is 33.2 Å². The second-order valence-electron chi connectivity index (χ2n) is 10.4. The first kappa shape index (κ1) is 35.8. The summed E-state index contributed by atoms with van der Waals surface area (Å²) in [6.07, 6.45) is -23.9. The molecular formula is C24H44O18. The van der Waals surface area contributed by atoms with Crippen molar-refractivity contribution in [3.05, 3.63) is 0 Å². The molecule has 18 nitrogen and oxygen atoms in total. The molecule has 0 aliphatic carbocycles. The first-order valence-corrected chi connectivity index (χ1v) is 13.7. The van der Waals surface area contributed by atoms with E-state index in [9.17, 15) is 51.1 Å². The van der Waals surface area contributed by atoms with Crippen molar-refractivity contribution in [3.63, 3.8) is 0 Å².